The predicted molar refractivity (Wildman–Crippen MR) is 68.5 cm³/mol. The molecule has 2 N–H and O–H groups in total. The van der Waals surface area contributed by atoms with Crippen LogP contribution in [0.4, 0.5) is 10.1 Å². The zero-order chi connectivity index (χ0) is 13.4. The van der Waals surface area contributed by atoms with Crippen LogP contribution in [-0.2, 0) is 9.59 Å². The van der Waals surface area contributed by atoms with Gasteiger partial charge in [-0.1, -0.05) is 0 Å². The number of rotatable bonds is 2. The average Bonchev–Trinajstić information content (AvgIpc) is 2.69. The number of carbonyl (C=O) groups excluding carboxylic acids is 2. The van der Waals surface area contributed by atoms with Crippen LogP contribution < -0.4 is 10.6 Å². The van der Waals surface area contributed by atoms with Gasteiger partial charge in [-0.25, -0.2) is 4.39 Å². The van der Waals surface area contributed by atoms with Gasteiger partial charge < -0.3 is 10.6 Å². The Morgan fingerprint density at radius 1 is 1.56 bits per heavy atom. The van der Waals surface area contributed by atoms with Crippen LogP contribution in [0.15, 0.2) is 16.6 Å². The van der Waals surface area contributed by atoms with Crippen molar-refractivity contribution in [2.45, 2.75) is 13.3 Å². The highest BCUT2D eigenvalue weighted by Crippen LogP contribution is 2.31. The van der Waals surface area contributed by atoms with Crippen molar-refractivity contribution in [2.24, 2.45) is 11.7 Å². The summed E-state index contributed by atoms with van der Waals surface area (Å²) in [6.07, 6.45) is 0.0897. The summed E-state index contributed by atoms with van der Waals surface area (Å²) in [6, 6.07) is 3.20. The minimum absolute atomic E-state index is 0.0897. The lowest BCUT2D eigenvalue weighted by Crippen LogP contribution is -2.29. The first kappa shape index (κ1) is 13.0. The number of hydrogen-bond acceptors (Lipinski definition) is 2. The molecule has 1 saturated heterocycles. The van der Waals surface area contributed by atoms with Gasteiger partial charge in [0.05, 0.1) is 10.4 Å². The Bertz CT molecular complexity index is 533. The monoisotopic (exact) mass is 314 g/mol. The third-order valence-electron chi connectivity index (χ3n) is 3.13. The molecular formula is C12H12BrFN2O2. The molecule has 1 aromatic carbocycles. The maximum atomic E-state index is 13.8. The van der Waals surface area contributed by atoms with E-state index in [4.69, 9.17) is 5.73 Å². The Balaban J connectivity index is 2.36. The maximum Gasteiger partial charge on any atom is 0.227 e. The first-order valence-corrected chi connectivity index (χ1v) is 6.25. The van der Waals surface area contributed by atoms with Crippen molar-refractivity contribution >= 4 is 33.4 Å². The molecule has 0 aliphatic carbocycles. The van der Waals surface area contributed by atoms with Crippen molar-refractivity contribution in [3.63, 3.8) is 0 Å². The number of halogens is 2. The molecule has 0 aromatic heterocycles. The molecule has 2 rings (SSSR count). The number of amides is 2. The van der Waals surface area contributed by atoms with Crippen molar-refractivity contribution in [1.29, 1.82) is 0 Å². The first-order chi connectivity index (χ1) is 8.41. The van der Waals surface area contributed by atoms with E-state index in [1.54, 1.807) is 19.1 Å². The average molecular weight is 315 g/mol. The molecule has 1 fully saturated rings. The second-order valence-electron chi connectivity index (χ2n) is 4.31. The standard InChI is InChI=1S/C12H12BrFN2O2/c1-6-9(3-2-8(13)11(6)14)16-5-7(12(15)18)4-10(16)17/h2-3,7H,4-5H2,1H3,(H2,15,18). The quantitative estimate of drug-likeness (QED) is 0.903. The molecule has 96 valence electrons. The van der Waals surface area contributed by atoms with E-state index in [9.17, 15) is 14.0 Å². The lowest BCUT2D eigenvalue weighted by molar-refractivity contribution is -0.123. The lowest BCUT2D eigenvalue weighted by Gasteiger charge is -2.19. The summed E-state index contributed by atoms with van der Waals surface area (Å²) >= 11 is 3.09. The normalized spacial score (nSPS) is 19.4. The molecule has 6 heteroatoms. The first-order valence-electron chi connectivity index (χ1n) is 5.46. The Morgan fingerprint density at radius 2 is 2.22 bits per heavy atom. The van der Waals surface area contributed by atoms with Crippen LogP contribution in [0.25, 0.3) is 0 Å². The Morgan fingerprint density at radius 3 is 2.78 bits per heavy atom. The molecule has 4 nitrogen and oxygen atoms in total. The molecule has 0 radical (unpaired) electrons. The molecule has 1 aromatic rings. The van der Waals surface area contributed by atoms with Gasteiger partial charge in [-0.3, -0.25) is 9.59 Å². The number of hydrogen-bond donors (Lipinski definition) is 1. The van der Waals surface area contributed by atoms with Crippen LogP contribution in [0.5, 0.6) is 0 Å². The van der Waals surface area contributed by atoms with Crippen molar-refractivity contribution in [3.8, 4) is 0 Å². The van der Waals surface area contributed by atoms with Gasteiger partial charge in [0.15, 0.2) is 0 Å². The number of benzene rings is 1. The van der Waals surface area contributed by atoms with Gasteiger partial charge in [0.1, 0.15) is 5.82 Å². The summed E-state index contributed by atoms with van der Waals surface area (Å²) in [5.74, 6) is -1.60. The zero-order valence-electron chi connectivity index (χ0n) is 9.74. The van der Waals surface area contributed by atoms with E-state index in [-0.39, 0.29) is 18.9 Å². The van der Waals surface area contributed by atoms with Crippen LogP contribution in [0.3, 0.4) is 0 Å². The molecule has 1 atom stereocenters. The second-order valence-corrected chi connectivity index (χ2v) is 5.17. The summed E-state index contributed by atoms with van der Waals surface area (Å²) in [7, 11) is 0. The fourth-order valence-electron chi connectivity index (χ4n) is 2.07. The van der Waals surface area contributed by atoms with Crippen molar-refractivity contribution in [3.05, 3.63) is 28.0 Å². The molecule has 2 amide bonds. The predicted octanol–water partition coefficient (Wildman–Crippen LogP) is 1.73. The second kappa shape index (κ2) is 4.68. The highest BCUT2D eigenvalue weighted by molar-refractivity contribution is 9.10. The summed E-state index contributed by atoms with van der Waals surface area (Å²) in [4.78, 5) is 24.3. The SMILES string of the molecule is Cc1c(N2CC(C(N)=O)CC2=O)ccc(Br)c1F. The van der Waals surface area contributed by atoms with Gasteiger partial charge in [-0.15, -0.1) is 0 Å². The number of carbonyl (C=O) groups is 2. The van der Waals surface area contributed by atoms with E-state index in [1.807, 2.05) is 0 Å². The molecular weight excluding hydrogens is 303 g/mol. The van der Waals surface area contributed by atoms with Crippen molar-refractivity contribution in [1.82, 2.24) is 0 Å². The molecule has 1 heterocycles. The van der Waals surface area contributed by atoms with Crippen molar-refractivity contribution < 1.29 is 14.0 Å². The summed E-state index contributed by atoms with van der Waals surface area (Å²) in [5, 5.41) is 0. The van der Waals surface area contributed by atoms with E-state index in [0.717, 1.165) is 0 Å². The molecule has 1 unspecified atom stereocenters. The van der Waals surface area contributed by atoms with Crippen LogP contribution in [0, 0.1) is 18.7 Å². The maximum absolute atomic E-state index is 13.8. The summed E-state index contributed by atoms with van der Waals surface area (Å²) in [5.41, 5.74) is 6.06. The van der Waals surface area contributed by atoms with Gasteiger partial charge in [0, 0.05) is 24.2 Å². The van der Waals surface area contributed by atoms with E-state index in [0.29, 0.717) is 15.7 Å². The molecule has 18 heavy (non-hydrogen) atoms. The fourth-order valence-corrected chi connectivity index (χ4v) is 2.49. The number of primary amides is 1. The van der Waals surface area contributed by atoms with Gasteiger partial charge >= 0.3 is 0 Å². The lowest BCUT2D eigenvalue weighted by atomic mass is 10.1. The van der Waals surface area contributed by atoms with Crippen LogP contribution in [0.2, 0.25) is 0 Å². The van der Waals surface area contributed by atoms with E-state index >= 15 is 0 Å². The Hall–Kier alpha value is -1.43. The summed E-state index contributed by atoms with van der Waals surface area (Å²) < 4.78 is 14.1. The van der Waals surface area contributed by atoms with E-state index in [1.165, 1.54) is 4.90 Å². The van der Waals surface area contributed by atoms with Crippen molar-refractivity contribution in [2.75, 3.05) is 11.4 Å². The third kappa shape index (κ3) is 2.12. The van der Waals surface area contributed by atoms with E-state index in [2.05, 4.69) is 15.9 Å². The van der Waals surface area contributed by atoms with Crippen LogP contribution >= 0.6 is 15.9 Å². The smallest absolute Gasteiger partial charge is 0.227 e. The van der Waals surface area contributed by atoms with Gasteiger partial charge in [0.2, 0.25) is 11.8 Å². The molecule has 0 spiro atoms. The molecule has 1 aliphatic heterocycles. The minimum atomic E-state index is -0.499. The highest BCUT2D eigenvalue weighted by atomic mass is 79.9. The topological polar surface area (TPSA) is 63.4 Å². The summed E-state index contributed by atoms with van der Waals surface area (Å²) in [6.45, 7) is 1.82. The number of nitrogens with two attached hydrogens (primary N) is 1. The number of anilines is 1. The third-order valence-corrected chi connectivity index (χ3v) is 3.74. The van der Waals surface area contributed by atoms with Crippen LogP contribution in [0.1, 0.15) is 12.0 Å². The van der Waals surface area contributed by atoms with Gasteiger partial charge in [-0.05, 0) is 35.0 Å². The fraction of sp³-hybridized carbons (Fsp3) is 0.333. The minimum Gasteiger partial charge on any atom is -0.369 e. The highest BCUT2D eigenvalue weighted by Gasteiger charge is 2.34. The zero-order valence-corrected chi connectivity index (χ0v) is 11.3. The van der Waals surface area contributed by atoms with Crippen LogP contribution in [-0.4, -0.2) is 18.4 Å². The molecule has 0 saturated carbocycles. The van der Waals surface area contributed by atoms with Gasteiger partial charge in [0.25, 0.3) is 0 Å². The Kier molecular flexibility index (Phi) is 3.38. The Labute approximate surface area is 112 Å². The number of nitrogens with zero attached hydrogens (tertiary/aromatic N) is 1. The van der Waals surface area contributed by atoms with E-state index < -0.39 is 17.6 Å². The largest absolute Gasteiger partial charge is 0.369 e. The molecule has 0 bridgehead atoms. The van der Waals surface area contributed by atoms with Gasteiger partial charge in [-0.2, -0.15) is 0 Å². The molecule has 1 aliphatic rings.